The Hall–Kier alpha value is -1.15. The van der Waals surface area contributed by atoms with Gasteiger partial charge in [0.15, 0.2) is 5.96 Å². The van der Waals surface area contributed by atoms with Crippen molar-refractivity contribution < 1.29 is 18.0 Å². The van der Waals surface area contributed by atoms with E-state index >= 15 is 0 Å². The number of piperazine rings is 1. The van der Waals surface area contributed by atoms with Crippen LogP contribution in [0.25, 0.3) is 0 Å². The van der Waals surface area contributed by atoms with Crippen LogP contribution in [0.3, 0.4) is 0 Å². The standard InChI is InChI=1S/C14H28N6O4S.HI/c1-12(21)19-7-9-20(10-8-19)14(16-11-13(22)18(2)3)15-5-6-17-25(4,23)24;/h17H,5-11H2,1-4H3,(H,15,16);1H. The largest absolute Gasteiger partial charge is 0.355 e. The van der Waals surface area contributed by atoms with Gasteiger partial charge in [-0.05, 0) is 0 Å². The number of sulfonamides is 1. The monoisotopic (exact) mass is 504 g/mol. The fourth-order valence-corrected chi connectivity index (χ4v) is 2.67. The third kappa shape index (κ3) is 9.52. The van der Waals surface area contributed by atoms with Gasteiger partial charge >= 0.3 is 0 Å². The number of halogens is 1. The second-order valence-electron chi connectivity index (χ2n) is 6.01. The highest BCUT2D eigenvalue weighted by Gasteiger charge is 2.21. The van der Waals surface area contributed by atoms with Crippen molar-refractivity contribution in [1.29, 1.82) is 0 Å². The maximum absolute atomic E-state index is 11.8. The molecule has 1 aliphatic rings. The number of nitrogens with zero attached hydrogens (tertiary/aromatic N) is 4. The molecule has 2 amide bonds. The van der Waals surface area contributed by atoms with Crippen molar-refractivity contribution >= 4 is 51.8 Å². The Morgan fingerprint density at radius 1 is 1.08 bits per heavy atom. The van der Waals surface area contributed by atoms with Crippen LogP contribution in [-0.2, 0) is 19.6 Å². The molecule has 1 rings (SSSR count). The highest BCUT2D eigenvalue weighted by Crippen LogP contribution is 2.02. The van der Waals surface area contributed by atoms with Gasteiger partial charge in [-0.2, -0.15) is 0 Å². The number of amides is 2. The Labute approximate surface area is 172 Å². The van der Waals surface area contributed by atoms with Gasteiger partial charge in [-0.3, -0.25) is 9.59 Å². The molecular formula is C14H29IN6O4S. The Morgan fingerprint density at radius 3 is 2.08 bits per heavy atom. The summed E-state index contributed by atoms with van der Waals surface area (Å²) in [6.45, 7) is 4.46. The average molecular weight is 504 g/mol. The van der Waals surface area contributed by atoms with E-state index in [9.17, 15) is 18.0 Å². The van der Waals surface area contributed by atoms with Crippen LogP contribution < -0.4 is 10.0 Å². The predicted octanol–water partition coefficient (Wildman–Crippen LogP) is -1.65. The molecule has 0 aromatic heterocycles. The molecule has 0 spiro atoms. The molecule has 26 heavy (non-hydrogen) atoms. The van der Waals surface area contributed by atoms with Crippen molar-refractivity contribution in [1.82, 2.24) is 24.7 Å². The Balaban J connectivity index is 0.00000625. The minimum absolute atomic E-state index is 0. The highest BCUT2D eigenvalue weighted by atomic mass is 127. The van der Waals surface area contributed by atoms with E-state index in [4.69, 9.17) is 0 Å². The van der Waals surface area contributed by atoms with Crippen LogP contribution in [0.1, 0.15) is 6.92 Å². The molecule has 10 nitrogen and oxygen atoms in total. The molecule has 2 N–H and O–H groups in total. The Bertz CT molecular complexity index is 603. The number of nitrogens with one attached hydrogen (secondary N) is 2. The maximum Gasteiger partial charge on any atom is 0.243 e. The van der Waals surface area contributed by atoms with Gasteiger partial charge < -0.3 is 20.0 Å². The van der Waals surface area contributed by atoms with E-state index in [-0.39, 0.29) is 48.9 Å². The van der Waals surface area contributed by atoms with Crippen molar-refractivity contribution in [2.24, 2.45) is 4.99 Å². The smallest absolute Gasteiger partial charge is 0.243 e. The quantitative estimate of drug-likeness (QED) is 0.194. The summed E-state index contributed by atoms with van der Waals surface area (Å²) in [5.41, 5.74) is 0. The molecule has 152 valence electrons. The molecule has 0 saturated carbocycles. The van der Waals surface area contributed by atoms with Crippen LogP contribution in [0.5, 0.6) is 0 Å². The van der Waals surface area contributed by atoms with Crippen molar-refractivity contribution in [3.8, 4) is 0 Å². The molecule has 0 aromatic rings. The van der Waals surface area contributed by atoms with E-state index in [1.165, 1.54) is 11.8 Å². The van der Waals surface area contributed by atoms with Crippen molar-refractivity contribution in [3.05, 3.63) is 0 Å². The number of likely N-dealkylation sites (N-methyl/N-ethyl adjacent to an activating group) is 1. The summed E-state index contributed by atoms with van der Waals surface area (Å²) in [5.74, 6) is 0.441. The molecule has 0 unspecified atom stereocenters. The summed E-state index contributed by atoms with van der Waals surface area (Å²) in [6.07, 6.45) is 1.10. The number of aliphatic imine (C=N–C) groups is 1. The maximum atomic E-state index is 11.8. The number of carbonyl (C=O) groups excluding carboxylic acids is 2. The molecule has 1 aliphatic heterocycles. The third-order valence-corrected chi connectivity index (χ3v) is 4.39. The number of hydrogen-bond acceptors (Lipinski definition) is 5. The first-order chi connectivity index (χ1) is 11.6. The van der Waals surface area contributed by atoms with Crippen molar-refractivity contribution in [2.75, 3.05) is 66.2 Å². The summed E-state index contributed by atoms with van der Waals surface area (Å²) in [6, 6.07) is 0. The number of hydrogen-bond donors (Lipinski definition) is 2. The summed E-state index contributed by atoms with van der Waals surface area (Å²) >= 11 is 0. The van der Waals surface area contributed by atoms with E-state index in [1.54, 1.807) is 19.0 Å². The molecule has 1 fully saturated rings. The third-order valence-electron chi connectivity index (χ3n) is 3.66. The van der Waals surface area contributed by atoms with E-state index in [0.29, 0.717) is 38.7 Å². The molecule has 0 atom stereocenters. The zero-order chi connectivity index (χ0) is 19.0. The molecule has 12 heteroatoms. The fraction of sp³-hybridized carbons (Fsp3) is 0.786. The minimum Gasteiger partial charge on any atom is -0.355 e. The lowest BCUT2D eigenvalue weighted by Crippen LogP contribution is -2.54. The molecule has 0 aromatic carbocycles. The van der Waals surface area contributed by atoms with Crippen LogP contribution in [-0.4, -0.2) is 107 Å². The summed E-state index contributed by atoms with van der Waals surface area (Å²) in [7, 11) is 0.0696. The summed E-state index contributed by atoms with van der Waals surface area (Å²) in [5, 5.41) is 3.08. The number of rotatable bonds is 6. The highest BCUT2D eigenvalue weighted by molar-refractivity contribution is 14.0. The predicted molar refractivity (Wildman–Crippen MR) is 111 cm³/mol. The van der Waals surface area contributed by atoms with Gasteiger partial charge in [0.2, 0.25) is 21.8 Å². The summed E-state index contributed by atoms with van der Waals surface area (Å²) < 4.78 is 24.6. The Kier molecular flexibility index (Phi) is 11.0. The van der Waals surface area contributed by atoms with E-state index < -0.39 is 10.0 Å². The zero-order valence-electron chi connectivity index (χ0n) is 15.7. The second-order valence-corrected chi connectivity index (χ2v) is 7.85. The van der Waals surface area contributed by atoms with Gasteiger partial charge in [0, 0.05) is 60.3 Å². The van der Waals surface area contributed by atoms with Gasteiger partial charge in [-0.25, -0.2) is 18.1 Å². The van der Waals surface area contributed by atoms with Crippen LogP contribution in [0.15, 0.2) is 4.99 Å². The Morgan fingerprint density at radius 2 is 1.62 bits per heavy atom. The number of carbonyl (C=O) groups is 2. The topological polar surface area (TPSA) is 114 Å². The first-order valence-electron chi connectivity index (χ1n) is 8.03. The lowest BCUT2D eigenvalue weighted by Gasteiger charge is -2.36. The van der Waals surface area contributed by atoms with Crippen molar-refractivity contribution in [3.63, 3.8) is 0 Å². The van der Waals surface area contributed by atoms with Crippen LogP contribution in [0.4, 0.5) is 0 Å². The van der Waals surface area contributed by atoms with Crippen LogP contribution >= 0.6 is 24.0 Å². The van der Waals surface area contributed by atoms with Crippen molar-refractivity contribution in [2.45, 2.75) is 6.92 Å². The lowest BCUT2D eigenvalue weighted by molar-refractivity contribution is -0.130. The molecule has 1 heterocycles. The zero-order valence-corrected chi connectivity index (χ0v) is 18.8. The van der Waals surface area contributed by atoms with Gasteiger partial charge in [0.25, 0.3) is 0 Å². The first kappa shape index (κ1) is 24.8. The fourth-order valence-electron chi connectivity index (χ4n) is 2.20. The first-order valence-corrected chi connectivity index (χ1v) is 9.93. The normalized spacial score (nSPS) is 15.3. The second kappa shape index (κ2) is 11.5. The van der Waals surface area contributed by atoms with Crippen LogP contribution in [0.2, 0.25) is 0 Å². The van der Waals surface area contributed by atoms with E-state index in [1.807, 2.05) is 4.90 Å². The van der Waals surface area contributed by atoms with Gasteiger partial charge in [0.1, 0.15) is 6.54 Å². The van der Waals surface area contributed by atoms with E-state index in [0.717, 1.165) is 6.26 Å². The number of guanidine groups is 1. The summed E-state index contributed by atoms with van der Waals surface area (Å²) in [4.78, 5) is 32.7. The van der Waals surface area contributed by atoms with Gasteiger partial charge in [-0.15, -0.1) is 24.0 Å². The van der Waals surface area contributed by atoms with Gasteiger partial charge in [0.05, 0.1) is 6.26 Å². The van der Waals surface area contributed by atoms with E-state index in [2.05, 4.69) is 15.0 Å². The SMILES string of the molecule is CC(=O)N1CCN(C(=NCC(=O)N(C)C)NCCNS(C)(=O)=O)CC1.I. The molecule has 0 bridgehead atoms. The van der Waals surface area contributed by atoms with Crippen LogP contribution in [0, 0.1) is 0 Å². The van der Waals surface area contributed by atoms with Gasteiger partial charge in [-0.1, -0.05) is 0 Å². The molecule has 0 radical (unpaired) electrons. The lowest BCUT2D eigenvalue weighted by atomic mass is 10.3. The molecular weight excluding hydrogens is 475 g/mol. The average Bonchev–Trinajstić information content (AvgIpc) is 2.52. The minimum atomic E-state index is -3.25. The molecule has 1 saturated heterocycles. The molecule has 0 aliphatic carbocycles.